The number of hydrogen-bond donors (Lipinski definition) is 0. The number of benzene rings is 21. The number of aromatic nitrogens is 5. The Kier molecular flexibility index (Phi) is 16.4. The van der Waals surface area contributed by atoms with Gasteiger partial charge in [-0.25, -0.2) is 0 Å². The van der Waals surface area contributed by atoms with Crippen molar-refractivity contribution in [2.45, 2.75) is 0 Å². The topological polar surface area (TPSA) is 90.4 Å². The van der Waals surface area contributed by atoms with Crippen LogP contribution in [0.15, 0.2) is 477 Å². The van der Waals surface area contributed by atoms with Gasteiger partial charge in [0.15, 0.2) is 5.58 Å². The zero-order chi connectivity index (χ0) is 88.9. The van der Waals surface area contributed by atoms with Gasteiger partial charge in [0, 0.05) is 125 Å². The number of nitrogens with zero attached hydrogens (tertiary/aromatic N) is 5. The molecule has 0 bridgehead atoms. The first kappa shape index (κ1) is 75.4. The van der Waals surface area contributed by atoms with Crippen LogP contribution in [0.1, 0.15) is 0 Å². The predicted molar refractivity (Wildman–Crippen MR) is 564 cm³/mol. The zero-order valence-corrected chi connectivity index (χ0v) is 73.1. The van der Waals surface area contributed by atoms with Crippen LogP contribution in [0.4, 0.5) is 0 Å². The molecule has 0 radical (unpaired) electrons. The van der Waals surface area contributed by atoms with Crippen molar-refractivity contribution in [3.05, 3.63) is 455 Å². The lowest BCUT2D eigenvalue weighted by Crippen LogP contribution is -1.96. The zero-order valence-electron chi connectivity index (χ0n) is 73.1. The molecule has 0 N–H and O–H groups in total. The Labute approximate surface area is 775 Å². The highest BCUT2D eigenvalue weighted by Crippen LogP contribution is 2.50. The van der Waals surface area contributed by atoms with Crippen LogP contribution >= 0.6 is 0 Å². The molecule has 31 rings (SSSR count). The van der Waals surface area contributed by atoms with Crippen molar-refractivity contribution in [3.63, 3.8) is 0 Å². The van der Waals surface area contributed by atoms with E-state index in [9.17, 15) is 0 Å². The van der Waals surface area contributed by atoms with E-state index in [4.69, 9.17) is 22.1 Å². The molecular weight excluding hydrogens is 1660 g/mol. The maximum absolute atomic E-state index is 6.95. The van der Waals surface area contributed by atoms with Crippen molar-refractivity contribution in [2.24, 2.45) is 0 Å². The van der Waals surface area contributed by atoms with Crippen LogP contribution in [0, 0.1) is 0 Å². The molecule has 0 aliphatic rings. The van der Waals surface area contributed by atoms with Gasteiger partial charge in [0.1, 0.15) is 50.2 Å². The minimum atomic E-state index is 0.881. The van der Waals surface area contributed by atoms with Gasteiger partial charge in [-0.05, 0) is 186 Å². The predicted octanol–water partition coefficient (Wildman–Crippen LogP) is 35.0. The Hall–Kier alpha value is -18.4. The molecule has 0 aliphatic heterocycles. The summed E-state index contributed by atoms with van der Waals surface area (Å²) in [6.45, 7) is 0. The molecule has 10 heteroatoms. The van der Waals surface area contributed by atoms with E-state index in [2.05, 4.69) is 435 Å². The van der Waals surface area contributed by atoms with Crippen molar-refractivity contribution in [1.82, 2.24) is 22.8 Å². The fourth-order valence-electron chi connectivity index (χ4n) is 22.3. The molecule has 136 heavy (non-hydrogen) atoms. The lowest BCUT2D eigenvalue weighted by molar-refractivity contribution is 0.666. The highest BCUT2D eigenvalue weighted by atomic mass is 16.3. The maximum atomic E-state index is 6.95. The van der Waals surface area contributed by atoms with E-state index < -0.39 is 0 Å². The summed E-state index contributed by atoms with van der Waals surface area (Å²) < 4.78 is 44.6. The molecule has 0 aliphatic carbocycles. The summed E-state index contributed by atoms with van der Waals surface area (Å²) in [5, 5.41) is 23.2. The molecular formula is C126H75N5O5. The molecule has 10 nitrogen and oxygen atoms in total. The van der Waals surface area contributed by atoms with E-state index in [1.807, 2.05) is 42.5 Å². The Bertz CT molecular complexity index is 10400. The Morgan fingerprint density at radius 2 is 0.426 bits per heavy atom. The molecule has 0 unspecified atom stereocenters. The highest BCUT2D eigenvalue weighted by Gasteiger charge is 2.27. The summed E-state index contributed by atoms with van der Waals surface area (Å²) in [6.07, 6.45) is 0. The third-order valence-corrected chi connectivity index (χ3v) is 28.2. The minimum absolute atomic E-state index is 0.881. The second-order valence-corrected chi connectivity index (χ2v) is 35.5. The van der Waals surface area contributed by atoms with E-state index in [1.165, 1.54) is 65.5 Å². The summed E-state index contributed by atoms with van der Waals surface area (Å²) in [7, 11) is 0. The molecule has 0 amide bonds. The van der Waals surface area contributed by atoms with E-state index in [0.717, 1.165) is 215 Å². The molecule has 0 saturated heterocycles. The first-order chi connectivity index (χ1) is 67.5. The summed E-state index contributed by atoms with van der Waals surface area (Å²) in [6, 6.07) is 162. The van der Waals surface area contributed by atoms with E-state index in [0.29, 0.717) is 0 Å². The van der Waals surface area contributed by atoms with Crippen LogP contribution in [-0.4, -0.2) is 22.8 Å². The molecule has 10 aromatic heterocycles. The van der Waals surface area contributed by atoms with Gasteiger partial charge < -0.3 is 44.9 Å². The maximum Gasteiger partial charge on any atom is 0.159 e. The van der Waals surface area contributed by atoms with Gasteiger partial charge in [0.2, 0.25) is 0 Å². The lowest BCUT2D eigenvalue weighted by Gasteiger charge is -2.11. The number of hydrogen-bond acceptors (Lipinski definition) is 5. The molecule has 0 fully saturated rings. The third-order valence-electron chi connectivity index (χ3n) is 28.2. The van der Waals surface area contributed by atoms with Crippen molar-refractivity contribution >= 4 is 219 Å². The van der Waals surface area contributed by atoms with Crippen LogP contribution in [0.25, 0.3) is 281 Å². The number of fused-ring (bicyclic) bond motifs is 33. The largest absolute Gasteiger partial charge is 0.455 e. The van der Waals surface area contributed by atoms with Crippen molar-refractivity contribution in [3.8, 4) is 61.8 Å². The summed E-state index contributed by atoms with van der Waals surface area (Å²) in [4.78, 5) is 0. The van der Waals surface area contributed by atoms with Gasteiger partial charge in [-0.2, -0.15) is 0 Å². The minimum Gasteiger partial charge on any atom is -0.455 e. The first-order valence-corrected chi connectivity index (χ1v) is 46.2. The van der Waals surface area contributed by atoms with Gasteiger partial charge in [-0.15, -0.1) is 0 Å². The van der Waals surface area contributed by atoms with Crippen molar-refractivity contribution in [1.29, 1.82) is 0 Å². The van der Waals surface area contributed by atoms with Crippen molar-refractivity contribution < 1.29 is 22.1 Å². The molecule has 0 saturated carbocycles. The molecule has 21 aromatic carbocycles. The average Bonchev–Trinajstić information content (AvgIpc) is 1.56. The van der Waals surface area contributed by atoms with Crippen LogP contribution in [-0.2, 0) is 0 Å². The van der Waals surface area contributed by atoms with Crippen LogP contribution < -0.4 is 0 Å². The molecule has 0 atom stereocenters. The highest BCUT2D eigenvalue weighted by molar-refractivity contribution is 6.28. The molecule has 10 heterocycles. The van der Waals surface area contributed by atoms with E-state index in [1.54, 1.807) is 0 Å². The van der Waals surface area contributed by atoms with Crippen LogP contribution in [0.3, 0.4) is 0 Å². The Morgan fingerprint density at radius 1 is 0.132 bits per heavy atom. The van der Waals surface area contributed by atoms with Gasteiger partial charge in [0.25, 0.3) is 0 Å². The normalized spacial score (nSPS) is 12.1. The van der Waals surface area contributed by atoms with E-state index in [-0.39, 0.29) is 0 Å². The van der Waals surface area contributed by atoms with E-state index >= 15 is 0 Å². The third kappa shape index (κ3) is 11.2. The number of furan rings is 5. The quantitative estimate of drug-likeness (QED) is 0.151. The molecule has 0 spiro atoms. The number of rotatable bonds is 8. The van der Waals surface area contributed by atoms with Gasteiger partial charge in [-0.3, -0.25) is 0 Å². The smallest absolute Gasteiger partial charge is 0.159 e. The Balaban J connectivity index is 0.0000000999. The monoisotopic (exact) mass is 1740 g/mol. The Morgan fingerprint density at radius 3 is 0.941 bits per heavy atom. The SMILES string of the molecule is c1ccc(-c2cccc(-c3cccc4c3oc3c4ccc4c3c3ccccc3n4-c3cccc4c3oc3ccccc34)c2)cc1.c1ccc(-n2c3ccccc3c3cc(-n4c5ccccc5c5cc(-n6c7ccccc7c7c8oc9ccccc9c8ccc76)ccc54)ccc32)cc1.c1ccc2c(c1)oc1c(-c3ccc(-n4c5ccccc5c5c6oc7ccccc7c6ccc54)cc3)cccc12. The van der Waals surface area contributed by atoms with Crippen molar-refractivity contribution in [2.75, 3.05) is 0 Å². The van der Waals surface area contributed by atoms with Crippen LogP contribution in [0.2, 0.25) is 0 Å². The fourth-order valence-corrected chi connectivity index (χ4v) is 22.3. The molecule has 31 aromatic rings. The van der Waals surface area contributed by atoms with Gasteiger partial charge in [-0.1, -0.05) is 291 Å². The standard InChI is InChI=1S/C48H29N3O.C42H25NO2.C36H21NO2/c1-2-12-30(13-3-1)49-40-18-8-4-14-33(40)38-28-31(22-25-43(38)49)50-41-19-9-5-15-34(41)39-29-32(23-26-44(39)50)51-42-20-10-6-17-37(42)47-45(51)27-24-36-35-16-7-11-21-46(35)52-48(36)47;1-2-11-26(12-3-1)27-13-8-14-28(25-27)29-17-9-18-32-33-23-24-36-39(42(33)45-40(29)32)34-16-4-6-20-35(34)43(36)37-21-10-19-31-30-15-5-7-22-38(30)44-41(31)37;1-4-13-30-29(10-1)34-31(21-20-28-26-9-3-6-15-33(26)39-36(28)34)37(30)23-18-16-22(17-19-23)24-11-7-12-27-25-8-2-5-14-32(25)38-35(24)27/h1-29H;1-25H;1-21H. The van der Waals surface area contributed by atoms with Gasteiger partial charge >= 0.3 is 0 Å². The average molecular weight is 1740 g/mol. The summed E-state index contributed by atoms with van der Waals surface area (Å²) >= 11 is 0. The lowest BCUT2D eigenvalue weighted by atomic mass is 9.97. The van der Waals surface area contributed by atoms with Gasteiger partial charge in [0.05, 0.1) is 77.0 Å². The van der Waals surface area contributed by atoms with Crippen LogP contribution in [0.5, 0.6) is 0 Å². The first-order valence-electron chi connectivity index (χ1n) is 46.2. The fraction of sp³-hybridized carbons (Fsp3) is 0. The molecule has 634 valence electrons. The number of para-hydroxylation sites is 13. The second-order valence-electron chi connectivity index (χ2n) is 35.5. The summed E-state index contributed by atoms with van der Waals surface area (Å²) in [5.74, 6) is 0. The second kappa shape index (κ2) is 29.6. The summed E-state index contributed by atoms with van der Waals surface area (Å²) in [5.41, 5.74) is 33.1.